The molecule has 2 fully saturated rings. The van der Waals surface area contributed by atoms with Gasteiger partial charge in [0.15, 0.2) is 0 Å². The number of aliphatic hydroxyl groups is 1. The maximum atomic E-state index is 12.1. The summed E-state index contributed by atoms with van der Waals surface area (Å²) in [5.74, 6) is 0.259. The fraction of sp³-hybridized carbons (Fsp3) is 0.857. The molecule has 1 saturated carbocycles. The van der Waals surface area contributed by atoms with Crippen LogP contribution >= 0.6 is 0 Å². The molecule has 1 atom stereocenters. The van der Waals surface area contributed by atoms with Crippen LogP contribution in [0.1, 0.15) is 19.8 Å². The topological polar surface area (TPSA) is 79.6 Å². The maximum Gasteiger partial charge on any atom is 0.235 e. The van der Waals surface area contributed by atoms with Crippen molar-refractivity contribution in [3.8, 4) is 6.07 Å². The van der Waals surface area contributed by atoms with E-state index >= 15 is 0 Å². The van der Waals surface area contributed by atoms with Gasteiger partial charge in [0.25, 0.3) is 0 Å². The number of nitriles is 1. The lowest BCUT2D eigenvalue weighted by atomic mass is 9.98. The summed E-state index contributed by atoms with van der Waals surface area (Å²) in [4.78, 5) is 16.4. The van der Waals surface area contributed by atoms with E-state index in [4.69, 9.17) is 5.11 Å². The molecule has 0 aromatic rings. The lowest BCUT2D eigenvalue weighted by Gasteiger charge is -2.34. The van der Waals surface area contributed by atoms with E-state index in [0.717, 1.165) is 39.0 Å². The Morgan fingerprint density at radius 3 is 2.45 bits per heavy atom. The van der Waals surface area contributed by atoms with E-state index in [1.165, 1.54) is 0 Å². The number of amides is 1. The van der Waals surface area contributed by atoms with Crippen molar-refractivity contribution in [2.45, 2.75) is 25.3 Å². The van der Waals surface area contributed by atoms with E-state index in [1.54, 1.807) is 0 Å². The number of rotatable bonds is 6. The van der Waals surface area contributed by atoms with Gasteiger partial charge in [-0.15, -0.1) is 0 Å². The van der Waals surface area contributed by atoms with E-state index in [9.17, 15) is 10.1 Å². The quantitative estimate of drug-likeness (QED) is 0.679. The Morgan fingerprint density at radius 1 is 1.35 bits per heavy atom. The number of piperazine rings is 1. The molecule has 2 N–H and O–H groups in total. The molecule has 20 heavy (non-hydrogen) atoms. The van der Waals surface area contributed by atoms with Crippen molar-refractivity contribution in [1.82, 2.24) is 15.1 Å². The number of hydrogen-bond acceptors (Lipinski definition) is 5. The second kappa shape index (κ2) is 6.53. The molecule has 6 nitrogen and oxygen atoms in total. The Kier molecular flexibility index (Phi) is 4.97. The van der Waals surface area contributed by atoms with Gasteiger partial charge >= 0.3 is 0 Å². The molecule has 0 aromatic heterocycles. The highest BCUT2D eigenvalue weighted by molar-refractivity contribution is 5.79. The summed E-state index contributed by atoms with van der Waals surface area (Å²) in [5, 5.41) is 21.0. The van der Waals surface area contributed by atoms with E-state index in [-0.39, 0.29) is 12.5 Å². The number of aliphatic hydroxyl groups excluding tert-OH is 1. The molecule has 1 aliphatic heterocycles. The minimum Gasteiger partial charge on any atom is -0.395 e. The first-order chi connectivity index (χ1) is 9.57. The van der Waals surface area contributed by atoms with Crippen molar-refractivity contribution in [2.24, 2.45) is 5.92 Å². The molecular weight excluding hydrogens is 256 g/mol. The summed E-state index contributed by atoms with van der Waals surface area (Å²) in [6, 6.07) is 2.25. The molecule has 1 saturated heterocycles. The maximum absolute atomic E-state index is 12.1. The van der Waals surface area contributed by atoms with E-state index < -0.39 is 5.54 Å². The molecule has 1 heterocycles. The van der Waals surface area contributed by atoms with Gasteiger partial charge in [0.2, 0.25) is 5.91 Å². The Bertz CT molecular complexity index is 383. The van der Waals surface area contributed by atoms with Crippen LogP contribution in [0.4, 0.5) is 0 Å². The first kappa shape index (κ1) is 15.2. The molecular formula is C14H24N4O2. The van der Waals surface area contributed by atoms with Crippen LogP contribution < -0.4 is 5.32 Å². The fourth-order valence-electron chi connectivity index (χ4n) is 2.73. The molecule has 112 valence electrons. The van der Waals surface area contributed by atoms with E-state index in [2.05, 4.69) is 21.2 Å². The van der Waals surface area contributed by atoms with Crippen molar-refractivity contribution in [2.75, 3.05) is 45.9 Å². The smallest absolute Gasteiger partial charge is 0.235 e. The zero-order valence-electron chi connectivity index (χ0n) is 12.1. The summed E-state index contributed by atoms with van der Waals surface area (Å²) in [7, 11) is 0. The predicted molar refractivity (Wildman–Crippen MR) is 74.9 cm³/mol. The van der Waals surface area contributed by atoms with Gasteiger partial charge in [-0.1, -0.05) is 0 Å². The molecule has 0 bridgehead atoms. The molecule has 2 rings (SSSR count). The summed E-state index contributed by atoms with van der Waals surface area (Å²) in [6.45, 7) is 6.49. The van der Waals surface area contributed by atoms with Gasteiger partial charge in [0.05, 0.1) is 19.2 Å². The standard InChI is InChI=1S/C14H24N4O2/c1-14(11-15,12-2-3-12)16-13(20)10-18-6-4-17(5-7-18)8-9-19/h12,19H,2-10H2,1H3,(H,16,20). The van der Waals surface area contributed by atoms with Crippen LogP contribution in [0.15, 0.2) is 0 Å². The highest BCUT2D eigenvalue weighted by Gasteiger charge is 2.43. The van der Waals surface area contributed by atoms with Gasteiger partial charge in [-0.3, -0.25) is 14.6 Å². The van der Waals surface area contributed by atoms with Crippen LogP contribution in [0.3, 0.4) is 0 Å². The first-order valence-electron chi connectivity index (χ1n) is 7.35. The van der Waals surface area contributed by atoms with Crippen molar-refractivity contribution in [1.29, 1.82) is 5.26 Å². The third-order valence-corrected chi connectivity index (χ3v) is 4.27. The van der Waals surface area contributed by atoms with Gasteiger partial charge in [-0.25, -0.2) is 0 Å². The summed E-state index contributed by atoms with van der Waals surface area (Å²) in [6.07, 6.45) is 2.06. The largest absolute Gasteiger partial charge is 0.395 e. The number of nitrogens with zero attached hydrogens (tertiary/aromatic N) is 3. The molecule has 0 radical (unpaired) electrons. The summed E-state index contributed by atoms with van der Waals surface area (Å²) < 4.78 is 0. The van der Waals surface area contributed by atoms with Gasteiger partial charge in [-0.05, 0) is 25.7 Å². The van der Waals surface area contributed by atoms with Crippen LogP contribution in [-0.2, 0) is 4.79 Å². The molecule has 6 heteroatoms. The third-order valence-electron chi connectivity index (χ3n) is 4.27. The number of β-amino-alcohol motifs (C(OH)–C–C–N with tert-alkyl or cyclic N) is 1. The predicted octanol–water partition coefficient (Wildman–Crippen LogP) is -0.595. The average molecular weight is 280 g/mol. The van der Waals surface area contributed by atoms with Gasteiger partial charge in [0.1, 0.15) is 5.54 Å². The van der Waals surface area contributed by atoms with Crippen LogP contribution in [0.5, 0.6) is 0 Å². The van der Waals surface area contributed by atoms with E-state index in [1.807, 2.05) is 6.92 Å². The van der Waals surface area contributed by atoms with Crippen LogP contribution in [0.2, 0.25) is 0 Å². The monoisotopic (exact) mass is 280 g/mol. The highest BCUT2D eigenvalue weighted by Crippen LogP contribution is 2.39. The number of carbonyl (C=O) groups is 1. The minimum atomic E-state index is -0.699. The van der Waals surface area contributed by atoms with Crippen LogP contribution in [0, 0.1) is 17.2 Å². The first-order valence-corrected chi connectivity index (χ1v) is 7.35. The van der Waals surface area contributed by atoms with Crippen molar-refractivity contribution >= 4 is 5.91 Å². The second-order valence-electron chi connectivity index (χ2n) is 5.98. The summed E-state index contributed by atoms with van der Waals surface area (Å²) >= 11 is 0. The molecule has 0 aromatic carbocycles. The zero-order valence-corrected chi connectivity index (χ0v) is 12.1. The van der Waals surface area contributed by atoms with Gasteiger partial charge in [0, 0.05) is 32.7 Å². The lowest BCUT2D eigenvalue weighted by Crippen LogP contribution is -2.53. The number of carbonyl (C=O) groups excluding carboxylic acids is 1. The number of nitrogens with one attached hydrogen (secondary N) is 1. The SMILES string of the molecule is CC(C#N)(NC(=O)CN1CCN(CCO)CC1)C1CC1. The van der Waals surface area contributed by atoms with Crippen molar-refractivity contribution in [3.05, 3.63) is 0 Å². The van der Waals surface area contributed by atoms with Crippen molar-refractivity contribution in [3.63, 3.8) is 0 Å². The van der Waals surface area contributed by atoms with Gasteiger partial charge < -0.3 is 10.4 Å². The average Bonchev–Trinajstić information content (AvgIpc) is 3.26. The third kappa shape index (κ3) is 3.92. The Morgan fingerprint density at radius 2 is 1.95 bits per heavy atom. The Labute approximate surface area is 120 Å². The molecule has 1 aliphatic carbocycles. The van der Waals surface area contributed by atoms with Gasteiger partial charge in [-0.2, -0.15) is 5.26 Å². The second-order valence-corrected chi connectivity index (χ2v) is 5.98. The molecule has 0 spiro atoms. The Balaban J connectivity index is 1.74. The van der Waals surface area contributed by atoms with Crippen LogP contribution in [-0.4, -0.2) is 72.2 Å². The molecule has 1 amide bonds. The minimum absolute atomic E-state index is 0.0587. The fourth-order valence-corrected chi connectivity index (χ4v) is 2.73. The zero-order chi connectivity index (χ0) is 14.6. The normalized spacial score (nSPS) is 23.9. The van der Waals surface area contributed by atoms with Crippen molar-refractivity contribution < 1.29 is 9.90 Å². The highest BCUT2D eigenvalue weighted by atomic mass is 16.3. The lowest BCUT2D eigenvalue weighted by molar-refractivity contribution is -0.124. The Hall–Kier alpha value is -1.16. The van der Waals surface area contributed by atoms with Crippen LogP contribution in [0.25, 0.3) is 0 Å². The summed E-state index contributed by atoms with van der Waals surface area (Å²) in [5.41, 5.74) is -0.699. The number of hydrogen-bond donors (Lipinski definition) is 2. The molecule has 1 unspecified atom stereocenters. The van der Waals surface area contributed by atoms with E-state index in [0.29, 0.717) is 19.0 Å². The molecule has 2 aliphatic rings.